The second-order valence-corrected chi connectivity index (χ2v) is 4.13. The van der Waals surface area contributed by atoms with Gasteiger partial charge in [0.05, 0.1) is 17.3 Å². The Morgan fingerprint density at radius 2 is 2.12 bits per heavy atom. The van der Waals surface area contributed by atoms with Gasteiger partial charge in [0.25, 0.3) is 0 Å². The molecule has 0 aliphatic heterocycles. The normalized spacial score (nSPS) is 10.8. The van der Waals surface area contributed by atoms with Crippen molar-refractivity contribution in [3.05, 3.63) is 39.9 Å². The summed E-state index contributed by atoms with van der Waals surface area (Å²) in [4.78, 5) is 4.20. The Morgan fingerprint density at radius 1 is 1.38 bits per heavy atom. The quantitative estimate of drug-likeness (QED) is 0.898. The van der Waals surface area contributed by atoms with Gasteiger partial charge >= 0.3 is 0 Å². The molecule has 0 unspecified atom stereocenters. The summed E-state index contributed by atoms with van der Waals surface area (Å²) in [5, 5.41) is 5.39. The molecule has 0 aliphatic rings. The highest BCUT2D eigenvalue weighted by Crippen LogP contribution is 2.24. The van der Waals surface area contributed by atoms with E-state index in [1.54, 1.807) is 29.8 Å². The third-order valence-electron chi connectivity index (χ3n) is 2.10. The average molecular weight is 257 g/mol. The zero-order chi connectivity index (χ0) is 11.7. The molecule has 0 saturated heterocycles. The van der Waals surface area contributed by atoms with Crippen LogP contribution in [0.3, 0.4) is 0 Å². The molecule has 0 atom stereocenters. The summed E-state index contributed by atoms with van der Waals surface area (Å²) < 4.78 is 1.61. The van der Waals surface area contributed by atoms with Crippen LogP contribution in [0.2, 0.25) is 10.0 Å². The SMILES string of the molecule is Cc1nc(CN)n(-c2cc(Cl)ccc2Cl)n1. The number of hydrogen-bond donors (Lipinski definition) is 1. The maximum absolute atomic E-state index is 6.08. The first-order valence-electron chi connectivity index (χ1n) is 4.70. The molecule has 1 aromatic heterocycles. The van der Waals surface area contributed by atoms with Gasteiger partial charge in [0, 0.05) is 5.02 Å². The standard InChI is InChI=1S/C10H10Cl2N4/c1-6-14-10(5-13)16(15-6)9-4-7(11)2-3-8(9)12/h2-4H,5,13H2,1H3. The average Bonchev–Trinajstić information content (AvgIpc) is 2.63. The van der Waals surface area contributed by atoms with Gasteiger partial charge in [-0.25, -0.2) is 9.67 Å². The summed E-state index contributed by atoms with van der Waals surface area (Å²) in [5.41, 5.74) is 6.28. The van der Waals surface area contributed by atoms with Crippen molar-refractivity contribution in [3.8, 4) is 5.69 Å². The monoisotopic (exact) mass is 256 g/mol. The molecule has 2 aromatic rings. The van der Waals surface area contributed by atoms with Crippen LogP contribution in [0.15, 0.2) is 18.2 Å². The second-order valence-electron chi connectivity index (χ2n) is 3.29. The maximum Gasteiger partial charge on any atom is 0.148 e. The van der Waals surface area contributed by atoms with Crippen LogP contribution in [0, 0.1) is 6.92 Å². The summed E-state index contributed by atoms with van der Waals surface area (Å²) in [6.45, 7) is 2.10. The Balaban J connectivity index is 2.61. The van der Waals surface area contributed by atoms with Crippen LogP contribution in [-0.4, -0.2) is 14.8 Å². The number of halogens is 2. The van der Waals surface area contributed by atoms with E-state index in [-0.39, 0.29) is 0 Å². The molecule has 0 bridgehead atoms. The summed E-state index contributed by atoms with van der Waals surface area (Å²) in [7, 11) is 0. The molecule has 0 radical (unpaired) electrons. The predicted molar refractivity (Wildman–Crippen MR) is 64.0 cm³/mol. The molecule has 84 valence electrons. The molecular weight excluding hydrogens is 247 g/mol. The van der Waals surface area contributed by atoms with Gasteiger partial charge in [0.1, 0.15) is 11.6 Å². The van der Waals surface area contributed by atoms with E-state index in [0.717, 1.165) is 0 Å². The highest BCUT2D eigenvalue weighted by atomic mass is 35.5. The van der Waals surface area contributed by atoms with E-state index in [0.29, 0.717) is 33.9 Å². The fraction of sp³-hybridized carbons (Fsp3) is 0.200. The van der Waals surface area contributed by atoms with E-state index in [1.165, 1.54) is 0 Å². The lowest BCUT2D eigenvalue weighted by molar-refractivity contribution is 0.786. The van der Waals surface area contributed by atoms with Crippen LogP contribution < -0.4 is 5.73 Å². The van der Waals surface area contributed by atoms with Crippen molar-refractivity contribution in [2.75, 3.05) is 0 Å². The third-order valence-corrected chi connectivity index (χ3v) is 2.65. The van der Waals surface area contributed by atoms with Crippen molar-refractivity contribution >= 4 is 23.2 Å². The number of benzene rings is 1. The van der Waals surface area contributed by atoms with Crippen LogP contribution in [-0.2, 0) is 6.54 Å². The predicted octanol–water partition coefficient (Wildman–Crippen LogP) is 2.34. The number of aryl methyl sites for hydroxylation is 1. The fourth-order valence-electron chi connectivity index (χ4n) is 1.43. The Bertz CT molecular complexity index is 522. The van der Waals surface area contributed by atoms with Crippen molar-refractivity contribution in [2.24, 2.45) is 5.73 Å². The van der Waals surface area contributed by atoms with Crippen LogP contribution in [0.1, 0.15) is 11.6 Å². The molecule has 1 aromatic carbocycles. The highest BCUT2D eigenvalue weighted by Gasteiger charge is 2.11. The van der Waals surface area contributed by atoms with Crippen molar-refractivity contribution in [1.82, 2.24) is 14.8 Å². The molecule has 2 N–H and O–H groups in total. The highest BCUT2D eigenvalue weighted by molar-refractivity contribution is 6.34. The lowest BCUT2D eigenvalue weighted by Crippen LogP contribution is -2.08. The summed E-state index contributed by atoms with van der Waals surface area (Å²) >= 11 is 12.0. The van der Waals surface area contributed by atoms with Gasteiger partial charge < -0.3 is 5.73 Å². The molecule has 0 amide bonds. The minimum Gasteiger partial charge on any atom is -0.324 e. The van der Waals surface area contributed by atoms with Crippen molar-refractivity contribution in [2.45, 2.75) is 13.5 Å². The summed E-state index contributed by atoms with van der Waals surface area (Å²) in [5.74, 6) is 1.30. The Labute approximate surface area is 103 Å². The summed E-state index contributed by atoms with van der Waals surface area (Å²) in [6, 6.07) is 5.17. The molecule has 16 heavy (non-hydrogen) atoms. The maximum atomic E-state index is 6.08. The van der Waals surface area contributed by atoms with Gasteiger partial charge in [-0.15, -0.1) is 0 Å². The van der Waals surface area contributed by atoms with Gasteiger partial charge in [-0.05, 0) is 25.1 Å². The molecular formula is C10H10Cl2N4. The first-order chi connectivity index (χ1) is 7.61. The second kappa shape index (κ2) is 4.41. The number of hydrogen-bond acceptors (Lipinski definition) is 3. The zero-order valence-electron chi connectivity index (χ0n) is 8.61. The molecule has 0 fully saturated rings. The first-order valence-corrected chi connectivity index (χ1v) is 5.45. The molecule has 4 nitrogen and oxygen atoms in total. The topological polar surface area (TPSA) is 56.7 Å². The number of nitrogens with zero attached hydrogens (tertiary/aromatic N) is 3. The number of aromatic nitrogens is 3. The van der Waals surface area contributed by atoms with E-state index in [1.807, 2.05) is 0 Å². The van der Waals surface area contributed by atoms with E-state index in [2.05, 4.69) is 10.1 Å². The fourth-order valence-corrected chi connectivity index (χ4v) is 1.80. The van der Waals surface area contributed by atoms with E-state index >= 15 is 0 Å². The molecule has 0 saturated carbocycles. The zero-order valence-corrected chi connectivity index (χ0v) is 10.1. The first kappa shape index (κ1) is 11.4. The van der Waals surface area contributed by atoms with Crippen molar-refractivity contribution < 1.29 is 0 Å². The van der Waals surface area contributed by atoms with Crippen LogP contribution in [0.4, 0.5) is 0 Å². The van der Waals surface area contributed by atoms with Crippen molar-refractivity contribution in [3.63, 3.8) is 0 Å². The van der Waals surface area contributed by atoms with Gasteiger partial charge in [-0.2, -0.15) is 5.10 Å². The Hall–Kier alpha value is -1.10. The Morgan fingerprint density at radius 3 is 2.81 bits per heavy atom. The van der Waals surface area contributed by atoms with E-state index in [9.17, 15) is 0 Å². The molecule has 2 rings (SSSR count). The van der Waals surface area contributed by atoms with Crippen molar-refractivity contribution in [1.29, 1.82) is 0 Å². The van der Waals surface area contributed by atoms with E-state index < -0.39 is 0 Å². The molecule has 0 aliphatic carbocycles. The van der Waals surface area contributed by atoms with Gasteiger partial charge in [0.2, 0.25) is 0 Å². The minimum absolute atomic E-state index is 0.295. The lowest BCUT2D eigenvalue weighted by atomic mass is 10.3. The largest absolute Gasteiger partial charge is 0.324 e. The Kier molecular flexibility index (Phi) is 3.14. The van der Waals surface area contributed by atoms with Gasteiger partial charge in [0.15, 0.2) is 0 Å². The number of nitrogens with two attached hydrogens (primary N) is 1. The number of rotatable bonds is 2. The van der Waals surface area contributed by atoms with Gasteiger partial charge in [-0.3, -0.25) is 0 Å². The van der Waals surface area contributed by atoms with Gasteiger partial charge in [-0.1, -0.05) is 23.2 Å². The third kappa shape index (κ3) is 2.04. The van der Waals surface area contributed by atoms with E-state index in [4.69, 9.17) is 28.9 Å². The molecule has 0 spiro atoms. The molecule has 1 heterocycles. The van der Waals surface area contributed by atoms with Crippen LogP contribution in [0.5, 0.6) is 0 Å². The smallest absolute Gasteiger partial charge is 0.148 e. The molecule has 6 heteroatoms. The summed E-state index contributed by atoms with van der Waals surface area (Å²) in [6.07, 6.45) is 0. The van der Waals surface area contributed by atoms with Crippen LogP contribution >= 0.6 is 23.2 Å². The van der Waals surface area contributed by atoms with Crippen LogP contribution in [0.25, 0.3) is 5.69 Å². The lowest BCUT2D eigenvalue weighted by Gasteiger charge is -2.06. The minimum atomic E-state index is 0.295.